The van der Waals surface area contributed by atoms with E-state index >= 15 is 0 Å². The highest BCUT2D eigenvalue weighted by Crippen LogP contribution is 2.37. The van der Waals surface area contributed by atoms with Gasteiger partial charge in [0, 0.05) is 17.8 Å². The van der Waals surface area contributed by atoms with E-state index in [0.717, 1.165) is 6.42 Å². The van der Waals surface area contributed by atoms with E-state index in [0.29, 0.717) is 12.1 Å². The first-order valence-electron chi connectivity index (χ1n) is 6.43. The second-order valence-corrected chi connectivity index (χ2v) is 7.45. The van der Waals surface area contributed by atoms with Gasteiger partial charge >= 0.3 is 0 Å². The predicted molar refractivity (Wildman–Crippen MR) is 71.1 cm³/mol. The fraction of sp³-hybridized carbons (Fsp3) is 1.00. The Morgan fingerprint density at radius 2 is 2.00 bits per heavy atom. The van der Waals surface area contributed by atoms with E-state index in [4.69, 9.17) is 4.74 Å². The molecule has 0 radical (unpaired) electrons. The second kappa shape index (κ2) is 4.51. The van der Waals surface area contributed by atoms with Gasteiger partial charge in [0.25, 0.3) is 0 Å². The second-order valence-electron chi connectivity index (χ2n) is 6.30. The predicted octanol–water partition coefficient (Wildman–Crippen LogP) is 2.82. The molecule has 1 N–H and O–H groups in total. The molecule has 2 aliphatic rings. The van der Waals surface area contributed by atoms with Gasteiger partial charge in [-0.15, -0.1) is 0 Å². The molecular formula is C13H25NOS. The van der Waals surface area contributed by atoms with Crippen LogP contribution in [-0.4, -0.2) is 34.8 Å². The van der Waals surface area contributed by atoms with Gasteiger partial charge in [0.05, 0.1) is 11.2 Å². The van der Waals surface area contributed by atoms with Crippen molar-refractivity contribution in [3.05, 3.63) is 0 Å². The molecule has 2 nitrogen and oxygen atoms in total. The van der Waals surface area contributed by atoms with Crippen molar-refractivity contribution in [2.75, 3.05) is 11.5 Å². The van der Waals surface area contributed by atoms with Crippen LogP contribution in [0.5, 0.6) is 0 Å². The number of rotatable bonds is 2. The van der Waals surface area contributed by atoms with Crippen LogP contribution in [0.1, 0.15) is 47.0 Å². The van der Waals surface area contributed by atoms with Crippen LogP contribution in [-0.2, 0) is 4.74 Å². The molecule has 2 atom stereocenters. The minimum atomic E-state index is -0.0222. The third kappa shape index (κ3) is 2.93. The average molecular weight is 243 g/mol. The van der Waals surface area contributed by atoms with Crippen molar-refractivity contribution in [1.29, 1.82) is 0 Å². The first-order chi connectivity index (χ1) is 7.39. The van der Waals surface area contributed by atoms with E-state index in [2.05, 4.69) is 44.8 Å². The zero-order valence-corrected chi connectivity index (χ0v) is 11.8. The van der Waals surface area contributed by atoms with Gasteiger partial charge in [-0.2, -0.15) is 11.8 Å². The van der Waals surface area contributed by atoms with Crippen LogP contribution in [0.2, 0.25) is 0 Å². The Hall–Kier alpha value is 0.270. The summed E-state index contributed by atoms with van der Waals surface area (Å²) in [7, 11) is 0. The summed E-state index contributed by atoms with van der Waals surface area (Å²) >= 11 is 2.08. The zero-order chi connectivity index (χ0) is 11.8. The number of thioether (sulfide) groups is 1. The monoisotopic (exact) mass is 243 g/mol. The van der Waals surface area contributed by atoms with E-state index < -0.39 is 0 Å². The summed E-state index contributed by atoms with van der Waals surface area (Å²) in [5.41, 5.74) is 0.00852. The Kier molecular flexibility index (Phi) is 3.58. The highest BCUT2D eigenvalue weighted by atomic mass is 32.2. The largest absolute Gasteiger partial charge is 0.368 e. The van der Waals surface area contributed by atoms with Crippen molar-refractivity contribution in [3.63, 3.8) is 0 Å². The Balaban J connectivity index is 1.93. The summed E-state index contributed by atoms with van der Waals surface area (Å²) < 4.78 is 6.12. The molecule has 3 heteroatoms. The lowest BCUT2D eigenvalue weighted by Gasteiger charge is -2.32. The van der Waals surface area contributed by atoms with Crippen molar-refractivity contribution < 1.29 is 4.74 Å². The van der Waals surface area contributed by atoms with Gasteiger partial charge in [0.2, 0.25) is 0 Å². The van der Waals surface area contributed by atoms with Crippen molar-refractivity contribution in [1.82, 2.24) is 5.32 Å². The molecule has 2 fully saturated rings. The van der Waals surface area contributed by atoms with Crippen molar-refractivity contribution in [2.45, 2.75) is 70.2 Å². The van der Waals surface area contributed by atoms with Crippen LogP contribution >= 0.6 is 11.8 Å². The maximum absolute atomic E-state index is 6.12. The van der Waals surface area contributed by atoms with Crippen LogP contribution in [0.3, 0.4) is 0 Å². The average Bonchev–Trinajstić information content (AvgIpc) is 2.36. The first-order valence-corrected chi connectivity index (χ1v) is 7.58. The van der Waals surface area contributed by atoms with E-state index in [1.165, 1.54) is 24.3 Å². The summed E-state index contributed by atoms with van der Waals surface area (Å²) in [6.45, 7) is 8.84. The maximum atomic E-state index is 6.12. The van der Waals surface area contributed by atoms with Gasteiger partial charge in [-0.25, -0.2) is 0 Å². The van der Waals surface area contributed by atoms with Crippen molar-refractivity contribution in [3.8, 4) is 0 Å². The van der Waals surface area contributed by atoms with Crippen LogP contribution in [0, 0.1) is 0 Å². The SMILES string of the molecule is CC1(C)CC(NC2CCCSC2)C(C)(C)O1. The molecule has 0 aromatic carbocycles. The smallest absolute Gasteiger partial charge is 0.0787 e. The van der Waals surface area contributed by atoms with Crippen LogP contribution in [0.4, 0.5) is 0 Å². The standard InChI is InChI=1S/C13H25NOS/c1-12(2)8-11(13(3,4)15-12)14-10-6-5-7-16-9-10/h10-11,14H,5-9H2,1-4H3. The van der Waals surface area contributed by atoms with Gasteiger partial charge in [-0.05, 0) is 52.7 Å². The zero-order valence-electron chi connectivity index (χ0n) is 11.0. The summed E-state index contributed by atoms with van der Waals surface area (Å²) in [6, 6.07) is 1.20. The third-order valence-corrected chi connectivity index (χ3v) is 4.89. The van der Waals surface area contributed by atoms with E-state index in [-0.39, 0.29) is 11.2 Å². The normalized spacial score (nSPS) is 37.5. The number of hydrogen-bond donors (Lipinski definition) is 1. The molecule has 0 amide bonds. The number of nitrogens with one attached hydrogen (secondary N) is 1. The minimum Gasteiger partial charge on any atom is -0.368 e. The lowest BCUT2D eigenvalue weighted by Crippen LogP contribution is -2.49. The lowest BCUT2D eigenvalue weighted by atomic mass is 9.93. The molecule has 0 aliphatic carbocycles. The third-order valence-electron chi connectivity index (χ3n) is 3.67. The van der Waals surface area contributed by atoms with E-state index in [1.807, 2.05) is 0 Å². The Morgan fingerprint density at radius 1 is 1.25 bits per heavy atom. The molecule has 0 saturated carbocycles. The van der Waals surface area contributed by atoms with Crippen molar-refractivity contribution in [2.24, 2.45) is 0 Å². The highest BCUT2D eigenvalue weighted by molar-refractivity contribution is 7.99. The van der Waals surface area contributed by atoms with Gasteiger partial charge in [-0.1, -0.05) is 0 Å². The molecule has 0 aromatic heterocycles. The van der Waals surface area contributed by atoms with Crippen LogP contribution in [0.25, 0.3) is 0 Å². The van der Waals surface area contributed by atoms with Gasteiger partial charge in [0.15, 0.2) is 0 Å². The Bertz CT molecular complexity index is 246. The van der Waals surface area contributed by atoms with E-state index in [9.17, 15) is 0 Å². The molecule has 2 saturated heterocycles. The quantitative estimate of drug-likeness (QED) is 0.806. The van der Waals surface area contributed by atoms with Crippen LogP contribution < -0.4 is 5.32 Å². The summed E-state index contributed by atoms with van der Waals surface area (Å²) in [5.74, 6) is 2.61. The molecular weight excluding hydrogens is 218 g/mol. The molecule has 0 bridgehead atoms. The molecule has 94 valence electrons. The Morgan fingerprint density at radius 3 is 2.50 bits per heavy atom. The lowest BCUT2D eigenvalue weighted by molar-refractivity contribution is -0.0703. The van der Waals surface area contributed by atoms with Gasteiger partial charge in [0.1, 0.15) is 0 Å². The summed E-state index contributed by atoms with van der Waals surface area (Å²) in [5, 5.41) is 3.82. The maximum Gasteiger partial charge on any atom is 0.0787 e. The molecule has 2 rings (SSSR count). The van der Waals surface area contributed by atoms with Crippen molar-refractivity contribution >= 4 is 11.8 Å². The molecule has 16 heavy (non-hydrogen) atoms. The minimum absolute atomic E-state index is 0.0222. The highest BCUT2D eigenvalue weighted by Gasteiger charge is 2.46. The fourth-order valence-electron chi connectivity index (χ4n) is 2.98. The first kappa shape index (κ1) is 12.7. The summed E-state index contributed by atoms with van der Waals surface area (Å²) in [4.78, 5) is 0. The van der Waals surface area contributed by atoms with E-state index in [1.54, 1.807) is 0 Å². The molecule has 0 spiro atoms. The fourth-order valence-corrected chi connectivity index (χ4v) is 4.06. The Labute approximate surface area is 104 Å². The van der Waals surface area contributed by atoms with Gasteiger partial charge in [-0.3, -0.25) is 0 Å². The molecule has 0 aromatic rings. The summed E-state index contributed by atoms with van der Waals surface area (Å²) in [6.07, 6.45) is 3.82. The topological polar surface area (TPSA) is 21.3 Å². The molecule has 2 unspecified atom stereocenters. The molecule has 2 aliphatic heterocycles. The number of hydrogen-bond acceptors (Lipinski definition) is 3. The van der Waals surface area contributed by atoms with Crippen LogP contribution in [0.15, 0.2) is 0 Å². The number of ether oxygens (including phenoxy) is 1. The van der Waals surface area contributed by atoms with Gasteiger partial charge < -0.3 is 10.1 Å². The molecule has 2 heterocycles.